The highest BCUT2D eigenvalue weighted by Crippen LogP contribution is 2.15. The number of hydrogen-bond acceptors (Lipinski definition) is 3. The Kier molecular flexibility index (Phi) is 5.82. The summed E-state index contributed by atoms with van der Waals surface area (Å²) in [5, 5.41) is 8.34. The van der Waals surface area contributed by atoms with E-state index in [9.17, 15) is 9.59 Å². The normalized spacial score (nSPS) is 9.78. The molecule has 0 aliphatic rings. The molecule has 2 aromatic rings. The summed E-state index contributed by atoms with van der Waals surface area (Å²) in [6.07, 6.45) is 0. The van der Waals surface area contributed by atoms with Crippen molar-refractivity contribution in [3.63, 3.8) is 0 Å². The molecule has 0 aromatic heterocycles. The average molecular weight is 327 g/mol. The van der Waals surface area contributed by atoms with Crippen LogP contribution in [0.5, 0.6) is 0 Å². The van der Waals surface area contributed by atoms with Gasteiger partial charge in [-0.1, -0.05) is 42.5 Å². The largest absolute Gasteiger partial charge is 0.348 e. The Morgan fingerprint density at radius 2 is 1.65 bits per heavy atom. The van der Waals surface area contributed by atoms with E-state index in [2.05, 4.69) is 16.0 Å². The van der Waals surface area contributed by atoms with Crippen molar-refractivity contribution >= 4 is 34.8 Å². The van der Waals surface area contributed by atoms with Gasteiger partial charge in [0.2, 0.25) is 5.91 Å². The Hall–Kier alpha value is -2.73. The first-order valence-corrected chi connectivity index (χ1v) is 7.47. The van der Waals surface area contributed by atoms with Crippen molar-refractivity contribution in [2.75, 3.05) is 5.32 Å². The quantitative estimate of drug-likeness (QED) is 0.755. The van der Waals surface area contributed by atoms with Gasteiger partial charge in [-0.3, -0.25) is 9.59 Å². The van der Waals surface area contributed by atoms with Crippen molar-refractivity contribution in [1.82, 2.24) is 10.6 Å². The molecule has 2 aromatic carbocycles. The number of rotatable bonds is 4. The minimum Gasteiger partial charge on any atom is -0.348 e. The maximum atomic E-state index is 12.4. The lowest BCUT2D eigenvalue weighted by atomic mass is 10.1. The summed E-state index contributed by atoms with van der Waals surface area (Å²) in [6.45, 7) is 1.80. The highest BCUT2D eigenvalue weighted by atomic mass is 32.1. The summed E-state index contributed by atoms with van der Waals surface area (Å²) in [5.74, 6) is -0.490. The molecule has 2 amide bonds. The molecule has 0 saturated carbocycles. The minimum atomic E-state index is -0.270. The number of thiocarbonyl (C=S) groups is 1. The van der Waals surface area contributed by atoms with Gasteiger partial charge < -0.3 is 16.0 Å². The van der Waals surface area contributed by atoms with E-state index in [0.717, 1.165) is 5.56 Å². The van der Waals surface area contributed by atoms with Gasteiger partial charge in [0.05, 0.1) is 11.3 Å². The summed E-state index contributed by atoms with van der Waals surface area (Å²) in [4.78, 5) is 23.4. The first-order chi connectivity index (χ1) is 11.1. The molecule has 0 bridgehead atoms. The number of carbonyl (C=O) groups is 2. The zero-order valence-corrected chi connectivity index (χ0v) is 13.4. The molecule has 2 rings (SSSR count). The van der Waals surface area contributed by atoms with Gasteiger partial charge in [0.25, 0.3) is 5.91 Å². The van der Waals surface area contributed by atoms with Crippen molar-refractivity contribution in [3.8, 4) is 0 Å². The zero-order chi connectivity index (χ0) is 16.7. The van der Waals surface area contributed by atoms with Crippen LogP contribution in [-0.4, -0.2) is 16.9 Å². The molecule has 0 heterocycles. The average Bonchev–Trinajstić information content (AvgIpc) is 2.53. The van der Waals surface area contributed by atoms with E-state index in [1.165, 1.54) is 6.92 Å². The summed E-state index contributed by atoms with van der Waals surface area (Å²) in [6, 6.07) is 16.6. The maximum absolute atomic E-state index is 12.4. The summed E-state index contributed by atoms with van der Waals surface area (Å²) in [7, 11) is 0. The highest BCUT2D eigenvalue weighted by Gasteiger charge is 2.12. The van der Waals surface area contributed by atoms with Crippen LogP contribution in [0.25, 0.3) is 0 Å². The van der Waals surface area contributed by atoms with Crippen LogP contribution in [0.1, 0.15) is 22.8 Å². The number of nitrogens with one attached hydrogen (secondary N) is 3. The smallest absolute Gasteiger partial charge is 0.253 e. The first kappa shape index (κ1) is 16.6. The van der Waals surface area contributed by atoms with Crippen LogP contribution in [-0.2, 0) is 11.3 Å². The molecule has 5 nitrogen and oxygen atoms in total. The molecule has 0 unspecified atom stereocenters. The molecule has 0 radical (unpaired) electrons. The van der Waals surface area contributed by atoms with Crippen molar-refractivity contribution in [3.05, 3.63) is 65.7 Å². The summed E-state index contributed by atoms with van der Waals surface area (Å²) < 4.78 is 0. The Labute approximate surface area is 140 Å². The molecule has 0 fully saturated rings. The fourth-order valence-electron chi connectivity index (χ4n) is 1.98. The summed E-state index contributed by atoms with van der Waals surface area (Å²) in [5.41, 5.74) is 2.01. The SMILES string of the molecule is CC(=O)NC(=S)Nc1ccccc1C(=O)NCc1ccccc1. The van der Waals surface area contributed by atoms with E-state index < -0.39 is 0 Å². The van der Waals surface area contributed by atoms with E-state index in [-0.39, 0.29) is 16.9 Å². The maximum Gasteiger partial charge on any atom is 0.253 e. The van der Waals surface area contributed by atoms with Gasteiger partial charge in [-0.05, 0) is 29.9 Å². The topological polar surface area (TPSA) is 70.2 Å². The highest BCUT2D eigenvalue weighted by molar-refractivity contribution is 7.80. The fourth-order valence-corrected chi connectivity index (χ4v) is 2.23. The lowest BCUT2D eigenvalue weighted by molar-refractivity contribution is -0.117. The molecule has 0 aliphatic carbocycles. The second kappa shape index (κ2) is 8.05. The Bertz CT molecular complexity index is 717. The number of para-hydroxylation sites is 1. The van der Waals surface area contributed by atoms with Gasteiger partial charge in [0.15, 0.2) is 5.11 Å². The van der Waals surface area contributed by atoms with Crippen molar-refractivity contribution < 1.29 is 9.59 Å². The van der Waals surface area contributed by atoms with E-state index >= 15 is 0 Å². The number of carbonyl (C=O) groups excluding carboxylic acids is 2. The lowest BCUT2D eigenvalue weighted by Crippen LogP contribution is -2.33. The molecule has 6 heteroatoms. The van der Waals surface area contributed by atoms with Gasteiger partial charge >= 0.3 is 0 Å². The Balaban J connectivity index is 2.05. The number of hydrogen-bond donors (Lipinski definition) is 3. The Morgan fingerprint density at radius 3 is 2.35 bits per heavy atom. The van der Waals surface area contributed by atoms with Crippen LogP contribution in [0.4, 0.5) is 5.69 Å². The molecule has 3 N–H and O–H groups in total. The van der Waals surface area contributed by atoms with Crippen molar-refractivity contribution in [2.45, 2.75) is 13.5 Å². The molecule has 0 atom stereocenters. The van der Waals surface area contributed by atoms with E-state index in [0.29, 0.717) is 17.8 Å². The third-order valence-corrected chi connectivity index (χ3v) is 3.21. The molecule has 0 aliphatic heterocycles. The van der Waals surface area contributed by atoms with E-state index in [1.54, 1.807) is 24.3 Å². The number of anilines is 1. The van der Waals surface area contributed by atoms with Gasteiger partial charge in [-0.25, -0.2) is 0 Å². The number of benzene rings is 2. The van der Waals surface area contributed by atoms with Crippen LogP contribution in [0.3, 0.4) is 0 Å². The molecular weight excluding hydrogens is 310 g/mol. The van der Waals surface area contributed by atoms with Crippen LogP contribution in [0, 0.1) is 0 Å². The van der Waals surface area contributed by atoms with Gasteiger partial charge in [0.1, 0.15) is 0 Å². The predicted octanol–water partition coefficient (Wildman–Crippen LogP) is 2.45. The number of amides is 2. The third kappa shape index (κ3) is 5.19. The van der Waals surface area contributed by atoms with Crippen molar-refractivity contribution in [2.24, 2.45) is 0 Å². The zero-order valence-electron chi connectivity index (χ0n) is 12.6. The second-order valence-electron chi connectivity index (χ2n) is 4.85. The van der Waals surface area contributed by atoms with E-state index in [4.69, 9.17) is 12.2 Å². The van der Waals surface area contributed by atoms with Crippen LogP contribution in [0.2, 0.25) is 0 Å². The van der Waals surface area contributed by atoms with Crippen LogP contribution in [0.15, 0.2) is 54.6 Å². The van der Waals surface area contributed by atoms with Crippen molar-refractivity contribution in [1.29, 1.82) is 0 Å². The Morgan fingerprint density at radius 1 is 1.00 bits per heavy atom. The molecule has 23 heavy (non-hydrogen) atoms. The molecule has 0 spiro atoms. The first-order valence-electron chi connectivity index (χ1n) is 7.06. The van der Waals surface area contributed by atoms with Gasteiger partial charge in [0, 0.05) is 13.5 Å². The third-order valence-electron chi connectivity index (χ3n) is 3.01. The second-order valence-corrected chi connectivity index (χ2v) is 5.26. The minimum absolute atomic E-state index is 0.154. The standard InChI is InChI=1S/C17H17N3O2S/c1-12(21)19-17(23)20-15-10-6-5-9-14(15)16(22)18-11-13-7-3-2-4-8-13/h2-10H,11H2,1H3,(H,18,22)(H2,19,20,21,23). The van der Waals surface area contributed by atoms with Gasteiger partial charge in [-0.15, -0.1) is 0 Å². The molecule has 118 valence electrons. The van der Waals surface area contributed by atoms with E-state index in [1.807, 2.05) is 30.3 Å². The monoisotopic (exact) mass is 327 g/mol. The summed E-state index contributed by atoms with van der Waals surface area (Å²) >= 11 is 5.02. The lowest BCUT2D eigenvalue weighted by Gasteiger charge is -2.13. The van der Waals surface area contributed by atoms with Crippen LogP contribution >= 0.6 is 12.2 Å². The van der Waals surface area contributed by atoms with Gasteiger partial charge in [-0.2, -0.15) is 0 Å². The predicted molar refractivity (Wildman–Crippen MR) is 94.1 cm³/mol. The fraction of sp³-hybridized carbons (Fsp3) is 0.118. The molecule has 0 saturated heterocycles. The molecular formula is C17H17N3O2S. The van der Waals surface area contributed by atoms with Crippen LogP contribution < -0.4 is 16.0 Å².